The van der Waals surface area contributed by atoms with Crippen LogP contribution in [0.15, 0.2) is 30.3 Å². The molecule has 4 heteroatoms. The molecule has 0 spiro atoms. The van der Waals surface area contributed by atoms with Gasteiger partial charge in [-0.25, -0.2) is 4.79 Å². The molecule has 110 valence electrons. The van der Waals surface area contributed by atoms with Crippen molar-refractivity contribution in [2.75, 3.05) is 0 Å². The molecule has 20 heavy (non-hydrogen) atoms. The van der Waals surface area contributed by atoms with Gasteiger partial charge in [0, 0.05) is 17.1 Å². The SMILES string of the molecule is CC1(C)CC(NC(=O)Oc2ccccc2)CC(C)(C)N1. The van der Waals surface area contributed by atoms with E-state index in [1.165, 1.54) is 0 Å². The highest BCUT2D eigenvalue weighted by atomic mass is 16.6. The van der Waals surface area contributed by atoms with Gasteiger partial charge in [0.25, 0.3) is 0 Å². The van der Waals surface area contributed by atoms with Gasteiger partial charge in [-0.05, 0) is 52.7 Å². The molecule has 1 aromatic rings. The number of carbonyl (C=O) groups is 1. The molecular weight excluding hydrogens is 252 g/mol. The van der Waals surface area contributed by atoms with Gasteiger partial charge in [-0.15, -0.1) is 0 Å². The lowest BCUT2D eigenvalue weighted by Gasteiger charge is -2.46. The second-order valence-electron chi connectivity index (χ2n) is 6.84. The third kappa shape index (κ3) is 4.23. The summed E-state index contributed by atoms with van der Waals surface area (Å²) in [5, 5.41) is 6.57. The van der Waals surface area contributed by atoms with E-state index in [9.17, 15) is 4.79 Å². The van der Waals surface area contributed by atoms with Gasteiger partial charge >= 0.3 is 6.09 Å². The van der Waals surface area contributed by atoms with Gasteiger partial charge in [-0.1, -0.05) is 18.2 Å². The van der Waals surface area contributed by atoms with Crippen LogP contribution in [0, 0.1) is 0 Å². The van der Waals surface area contributed by atoms with Crippen LogP contribution in [0.4, 0.5) is 4.79 Å². The third-order valence-corrected chi connectivity index (χ3v) is 3.47. The van der Waals surface area contributed by atoms with E-state index >= 15 is 0 Å². The van der Waals surface area contributed by atoms with Gasteiger partial charge < -0.3 is 15.4 Å². The Morgan fingerprint density at radius 1 is 1.15 bits per heavy atom. The second-order valence-corrected chi connectivity index (χ2v) is 6.84. The molecule has 2 rings (SSSR count). The van der Waals surface area contributed by atoms with Gasteiger partial charge in [0.05, 0.1) is 0 Å². The van der Waals surface area contributed by atoms with Crippen molar-refractivity contribution in [2.24, 2.45) is 0 Å². The number of piperidine rings is 1. The number of carbonyl (C=O) groups excluding carboxylic acids is 1. The average Bonchev–Trinajstić information content (AvgIpc) is 2.25. The summed E-state index contributed by atoms with van der Waals surface area (Å²) in [7, 11) is 0. The fourth-order valence-electron chi connectivity index (χ4n) is 3.22. The van der Waals surface area contributed by atoms with E-state index in [2.05, 4.69) is 38.3 Å². The Kier molecular flexibility index (Phi) is 4.04. The zero-order chi connectivity index (χ0) is 14.8. The van der Waals surface area contributed by atoms with Crippen LogP contribution < -0.4 is 15.4 Å². The first-order chi connectivity index (χ1) is 9.26. The zero-order valence-corrected chi connectivity index (χ0v) is 12.7. The van der Waals surface area contributed by atoms with Crippen LogP contribution in [0.2, 0.25) is 0 Å². The van der Waals surface area contributed by atoms with Gasteiger partial charge in [0.2, 0.25) is 0 Å². The molecule has 1 heterocycles. The monoisotopic (exact) mass is 276 g/mol. The van der Waals surface area contributed by atoms with Crippen LogP contribution in [-0.2, 0) is 0 Å². The average molecular weight is 276 g/mol. The number of benzene rings is 1. The van der Waals surface area contributed by atoms with Crippen molar-refractivity contribution < 1.29 is 9.53 Å². The summed E-state index contributed by atoms with van der Waals surface area (Å²) in [6, 6.07) is 9.25. The Morgan fingerprint density at radius 3 is 2.25 bits per heavy atom. The van der Waals surface area contributed by atoms with Crippen molar-refractivity contribution in [3.05, 3.63) is 30.3 Å². The first-order valence-corrected chi connectivity index (χ1v) is 7.09. The predicted octanol–water partition coefficient (Wildman–Crippen LogP) is 3.08. The zero-order valence-electron chi connectivity index (χ0n) is 12.7. The van der Waals surface area contributed by atoms with Crippen molar-refractivity contribution in [3.63, 3.8) is 0 Å². The molecule has 0 aromatic heterocycles. The normalized spacial score (nSPS) is 21.2. The minimum atomic E-state index is -0.380. The molecule has 1 aliphatic heterocycles. The van der Waals surface area contributed by atoms with E-state index in [0.29, 0.717) is 5.75 Å². The second kappa shape index (κ2) is 5.44. The summed E-state index contributed by atoms with van der Waals surface area (Å²) in [5.41, 5.74) is 0.0128. The largest absolute Gasteiger partial charge is 0.412 e. The van der Waals surface area contributed by atoms with Crippen LogP contribution in [-0.4, -0.2) is 23.2 Å². The first kappa shape index (κ1) is 14.9. The highest BCUT2D eigenvalue weighted by Crippen LogP contribution is 2.28. The lowest BCUT2D eigenvalue weighted by atomic mass is 9.80. The maximum absolute atomic E-state index is 11.9. The Balaban J connectivity index is 1.94. The molecule has 1 saturated heterocycles. The molecule has 0 radical (unpaired) electrons. The van der Waals surface area contributed by atoms with Crippen LogP contribution in [0.5, 0.6) is 5.75 Å². The lowest BCUT2D eigenvalue weighted by Crippen LogP contribution is -2.62. The van der Waals surface area contributed by atoms with Gasteiger partial charge in [0.1, 0.15) is 5.75 Å². The maximum Gasteiger partial charge on any atom is 0.412 e. The summed E-state index contributed by atoms with van der Waals surface area (Å²) < 4.78 is 5.28. The van der Waals surface area contributed by atoms with Gasteiger partial charge in [0.15, 0.2) is 0 Å². The van der Waals surface area contributed by atoms with Crippen molar-refractivity contribution in [3.8, 4) is 5.75 Å². The van der Waals surface area contributed by atoms with Crippen LogP contribution >= 0.6 is 0 Å². The van der Waals surface area contributed by atoms with Crippen molar-refractivity contribution >= 4 is 6.09 Å². The minimum absolute atomic E-state index is 0.00639. The third-order valence-electron chi connectivity index (χ3n) is 3.47. The number of para-hydroxylation sites is 1. The summed E-state index contributed by atoms with van der Waals surface area (Å²) in [6.45, 7) is 8.63. The molecule has 0 atom stereocenters. The lowest BCUT2D eigenvalue weighted by molar-refractivity contribution is 0.138. The Hall–Kier alpha value is -1.55. The number of hydrogen-bond donors (Lipinski definition) is 2. The smallest absolute Gasteiger partial charge is 0.410 e. The molecule has 0 bridgehead atoms. The molecule has 0 aliphatic carbocycles. The van der Waals surface area contributed by atoms with Gasteiger partial charge in [-0.3, -0.25) is 0 Å². The number of hydrogen-bond acceptors (Lipinski definition) is 3. The number of amides is 1. The fraction of sp³-hybridized carbons (Fsp3) is 0.562. The van der Waals surface area contributed by atoms with Crippen LogP contribution in [0.3, 0.4) is 0 Å². The molecule has 0 saturated carbocycles. The van der Waals surface area contributed by atoms with E-state index in [1.54, 1.807) is 12.1 Å². The molecular formula is C16H24N2O2. The van der Waals surface area contributed by atoms with E-state index < -0.39 is 0 Å². The highest BCUT2D eigenvalue weighted by Gasteiger charge is 2.38. The van der Waals surface area contributed by atoms with Crippen molar-refractivity contribution in [1.82, 2.24) is 10.6 Å². The van der Waals surface area contributed by atoms with Crippen LogP contribution in [0.1, 0.15) is 40.5 Å². The maximum atomic E-state index is 11.9. The van der Waals surface area contributed by atoms with E-state index in [-0.39, 0.29) is 23.2 Å². The topological polar surface area (TPSA) is 50.4 Å². The Bertz CT molecular complexity index is 453. The minimum Gasteiger partial charge on any atom is -0.410 e. The van der Waals surface area contributed by atoms with Crippen molar-refractivity contribution in [1.29, 1.82) is 0 Å². The molecule has 1 amide bonds. The molecule has 1 fully saturated rings. The van der Waals surface area contributed by atoms with Crippen LogP contribution in [0.25, 0.3) is 0 Å². The van der Waals surface area contributed by atoms with Crippen molar-refractivity contribution in [2.45, 2.75) is 57.7 Å². The van der Waals surface area contributed by atoms with E-state index in [0.717, 1.165) is 12.8 Å². The number of rotatable bonds is 2. The summed E-state index contributed by atoms with van der Waals surface area (Å²) in [4.78, 5) is 11.9. The first-order valence-electron chi connectivity index (χ1n) is 7.09. The summed E-state index contributed by atoms with van der Waals surface area (Å²) in [6.07, 6.45) is 1.40. The summed E-state index contributed by atoms with van der Waals surface area (Å²) in [5.74, 6) is 0.567. The Labute approximate surface area is 120 Å². The molecule has 0 unspecified atom stereocenters. The quantitative estimate of drug-likeness (QED) is 0.872. The standard InChI is InChI=1S/C16H24N2O2/c1-15(2)10-12(11-16(3,4)18-15)17-14(19)20-13-8-6-5-7-9-13/h5-9,12,18H,10-11H2,1-4H3,(H,17,19). The highest BCUT2D eigenvalue weighted by molar-refractivity contribution is 5.70. The number of nitrogens with one attached hydrogen (secondary N) is 2. The Morgan fingerprint density at radius 2 is 1.70 bits per heavy atom. The van der Waals surface area contributed by atoms with E-state index in [1.807, 2.05) is 18.2 Å². The predicted molar refractivity (Wildman–Crippen MR) is 79.9 cm³/mol. The number of ether oxygens (including phenoxy) is 1. The van der Waals surface area contributed by atoms with E-state index in [4.69, 9.17) is 4.74 Å². The summed E-state index contributed by atoms with van der Waals surface area (Å²) >= 11 is 0. The molecule has 1 aliphatic rings. The molecule has 4 nitrogen and oxygen atoms in total. The fourth-order valence-corrected chi connectivity index (χ4v) is 3.22. The molecule has 2 N–H and O–H groups in total. The molecule has 1 aromatic carbocycles. The van der Waals surface area contributed by atoms with Gasteiger partial charge in [-0.2, -0.15) is 0 Å².